The van der Waals surface area contributed by atoms with Gasteiger partial charge in [-0.1, -0.05) is 36.9 Å². The molecule has 1 fully saturated rings. The fraction of sp³-hybridized carbons (Fsp3) is 0.211. The van der Waals surface area contributed by atoms with Crippen LogP contribution in [0.5, 0.6) is 5.75 Å². The number of hydrogen-bond acceptors (Lipinski definition) is 5. The summed E-state index contributed by atoms with van der Waals surface area (Å²) in [6.45, 7) is 3.60. The maximum atomic E-state index is 13.0. The van der Waals surface area contributed by atoms with Crippen molar-refractivity contribution < 1.29 is 18.3 Å². The zero-order valence-corrected chi connectivity index (χ0v) is 15.4. The second-order valence-electron chi connectivity index (χ2n) is 6.31. The number of aliphatic hydroxyl groups is 1. The number of sulfonamides is 1. The van der Waals surface area contributed by atoms with Gasteiger partial charge in [0, 0.05) is 12.0 Å². The van der Waals surface area contributed by atoms with Crippen LogP contribution in [0.4, 0.5) is 0 Å². The first-order valence-electron chi connectivity index (χ1n) is 8.35. The summed E-state index contributed by atoms with van der Waals surface area (Å²) in [6.07, 6.45) is -0.203. The molecule has 1 saturated heterocycles. The molecule has 0 radical (unpaired) electrons. The van der Waals surface area contributed by atoms with Crippen LogP contribution in [0.25, 0.3) is 0 Å². The van der Waals surface area contributed by atoms with Gasteiger partial charge in [0.05, 0.1) is 17.5 Å². The van der Waals surface area contributed by atoms with Crippen LogP contribution in [0.15, 0.2) is 71.8 Å². The minimum absolute atomic E-state index is 0.0752. The Balaban J connectivity index is 1.84. The fourth-order valence-electron chi connectivity index (χ4n) is 3.08. The molecule has 0 bridgehead atoms. The molecule has 27 heavy (non-hydrogen) atoms. The summed E-state index contributed by atoms with van der Waals surface area (Å²) in [6, 6.07) is 14.0. The van der Waals surface area contributed by atoms with E-state index < -0.39 is 22.2 Å². The highest BCUT2D eigenvalue weighted by atomic mass is 32.2. The Kier molecular flexibility index (Phi) is 5.20. The summed E-state index contributed by atoms with van der Waals surface area (Å²) < 4.78 is 33.0. The molecule has 4 N–H and O–H groups in total. The van der Waals surface area contributed by atoms with Crippen molar-refractivity contribution >= 4 is 15.9 Å². The molecule has 2 aromatic carbocycles. The van der Waals surface area contributed by atoms with Crippen molar-refractivity contribution in [1.82, 2.24) is 4.31 Å². The summed E-state index contributed by atoms with van der Waals surface area (Å²) in [5.74, 6) is 0.175. The highest BCUT2D eigenvalue weighted by Crippen LogP contribution is 2.31. The van der Waals surface area contributed by atoms with Gasteiger partial charge in [0.15, 0.2) is 0 Å². The van der Waals surface area contributed by atoms with Crippen LogP contribution in [0, 0.1) is 5.41 Å². The number of hydrogen-bond donors (Lipinski definition) is 3. The minimum atomic E-state index is -3.80. The van der Waals surface area contributed by atoms with Gasteiger partial charge < -0.3 is 15.6 Å². The number of nitrogens with one attached hydrogen (secondary N) is 1. The number of rotatable bonds is 6. The number of nitrogen functional groups attached to an aromatic ring is 1. The van der Waals surface area contributed by atoms with Gasteiger partial charge in [-0.05, 0) is 24.3 Å². The number of amidine groups is 1. The van der Waals surface area contributed by atoms with Gasteiger partial charge in [-0.3, -0.25) is 5.41 Å². The average molecular weight is 387 g/mol. The Labute approximate surface area is 158 Å². The van der Waals surface area contributed by atoms with E-state index in [1.54, 1.807) is 42.5 Å². The van der Waals surface area contributed by atoms with Gasteiger partial charge in [-0.25, -0.2) is 8.42 Å². The van der Waals surface area contributed by atoms with Gasteiger partial charge in [0.2, 0.25) is 10.0 Å². The van der Waals surface area contributed by atoms with E-state index in [-0.39, 0.29) is 29.5 Å². The summed E-state index contributed by atoms with van der Waals surface area (Å²) in [5, 5.41) is 17.4. The summed E-state index contributed by atoms with van der Waals surface area (Å²) in [4.78, 5) is 0.149. The Bertz CT molecular complexity index is 960. The molecule has 142 valence electrons. The predicted molar refractivity (Wildman–Crippen MR) is 102 cm³/mol. The van der Waals surface area contributed by atoms with Gasteiger partial charge in [0.1, 0.15) is 23.4 Å². The van der Waals surface area contributed by atoms with Crippen LogP contribution in [-0.4, -0.2) is 42.4 Å². The molecule has 0 unspecified atom stereocenters. The quantitative estimate of drug-likeness (QED) is 0.399. The van der Waals surface area contributed by atoms with E-state index in [9.17, 15) is 13.5 Å². The molecule has 8 heteroatoms. The lowest BCUT2D eigenvalue weighted by Crippen LogP contribution is -2.37. The molecule has 1 aliphatic heterocycles. The van der Waals surface area contributed by atoms with Crippen molar-refractivity contribution in [3.63, 3.8) is 0 Å². The Morgan fingerprint density at radius 3 is 2.56 bits per heavy atom. The van der Waals surface area contributed by atoms with E-state index in [0.29, 0.717) is 11.3 Å². The Hall–Kier alpha value is -2.84. The van der Waals surface area contributed by atoms with Crippen molar-refractivity contribution in [2.75, 3.05) is 6.54 Å². The van der Waals surface area contributed by atoms with Gasteiger partial charge >= 0.3 is 0 Å². The Morgan fingerprint density at radius 1 is 1.22 bits per heavy atom. The third-order valence-corrected chi connectivity index (χ3v) is 6.29. The summed E-state index contributed by atoms with van der Waals surface area (Å²) >= 11 is 0. The maximum Gasteiger partial charge on any atom is 0.243 e. The largest absolute Gasteiger partial charge is 0.511 e. The molecule has 0 spiro atoms. The average Bonchev–Trinajstić information content (AvgIpc) is 3.07. The van der Waals surface area contributed by atoms with E-state index in [0.717, 1.165) is 0 Å². The molecule has 2 atom stereocenters. The minimum Gasteiger partial charge on any atom is -0.511 e. The van der Waals surface area contributed by atoms with Gasteiger partial charge in [0.25, 0.3) is 0 Å². The van der Waals surface area contributed by atoms with Crippen LogP contribution in [0.1, 0.15) is 12.0 Å². The molecular formula is C19H21N3O4S. The first-order chi connectivity index (χ1) is 12.8. The standard InChI is InChI=1S/C19H21N3O4S/c1-13(23)18-11-16(26-15-7-5-6-14(10-15)19(20)21)12-22(18)27(24,25)17-8-3-2-4-9-17/h2-10,16,18,23H,1,11-12H2,(H3,20,21)/t16-,18+/m1/s1. The molecule has 1 heterocycles. The molecule has 0 aliphatic carbocycles. The second-order valence-corrected chi connectivity index (χ2v) is 8.20. The van der Waals surface area contributed by atoms with E-state index in [2.05, 4.69) is 6.58 Å². The molecule has 1 aliphatic rings. The highest BCUT2D eigenvalue weighted by molar-refractivity contribution is 7.89. The van der Waals surface area contributed by atoms with Gasteiger partial charge in [-0.15, -0.1) is 0 Å². The van der Waals surface area contributed by atoms with Crippen molar-refractivity contribution in [3.8, 4) is 5.75 Å². The first kappa shape index (κ1) is 18.9. The van der Waals surface area contributed by atoms with E-state index >= 15 is 0 Å². The van der Waals surface area contributed by atoms with Crippen molar-refractivity contribution in [2.45, 2.75) is 23.5 Å². The smallest absolute Gasteiger partial charge is 0.243 e. The molecule has 0 aromatic heterocycles. The number of benzene rings is 2. The molecule has 0 amide bonds. The van der Waals surface area contributed by atoms with Gasteiger partial charge in [-0.2, -0.15) is 4.31 Å². The molecular weight excluding hydrogens is 366 g/mol. The number of aliphatic hydroxyl groups excluding tert-OH is 1. The van der Waals surface area contributed by atoms with Crippen LogP contribution < -0.4 is 10.5 Å². The van der Waals surface area contributed by atoms with Crippen molar-refractivity contribution in [2.24, 2.45) is 5.73 Å². The van der Waals surface area contributed by atoms with Crippen LogP contribution in [-0.2, 0) is 10.0 Å². The second kappa shape index (κ2) is 7.42. The first-order valence-corrected chi connectivity index (χ1v) is 9.79. The van der Waals surface area contributed by atoms with Crippen LogP contribution in [0.2, 0.25) is 0 Å². The fourth-order valence-corrected chi connectivity index (χ4v) is 4.76. The molecule has 0 saturated carbocycles. The zero-order valence-electron chi connectivity index (χ0n) is 14.6. The molecule has 3 rings (SSSR count). The van der Waals surface area contributed by atoms with E-state index in [1.807, 2.05) is 0 Å². The number of nitrogens with zero attached hydrogens (tertiary/aromatic N) is 1. The zero-order chi connectivity index (χ0) is 19.6. The lowest BCUT2D eigenvalue weighted by atomic mass is 10.1. The third-order valence-electron chi connectivity index (χ3n) is 4.40. The number of ether oxygens (including phenoxy) is 1. The predicted octanol–water partition coefficient (Wildman–Crippen LogP) is 2.25. The monoisotopic (exact) mass is 387 g/mol. The molecule has 7 nitrogen and oxygen atoms in total. The van der Waals surface area contributed by atoms with Crippen molar-refractivity contribution in [1.29, 1.82) is 5.41 Å². The lowest BCUT2D eigenvalue weighted by Gasteiger charge is -2.22. The van der Waals surface area contributed by atoms with Crippen LogP contribution in [0.3, 0.4) is 0 Å². The van der Waals surface area contributed by atoms with E-state index in [1.165, 1.54) is 16.4 Å². The lowest BCUT2D eigenvalue weighted by molar-refractivity contribution is 0.214. The van der Waals surface area contributed by atoms with E-state index in [4.69, 9.17) is 15.9 Å². The normalized spacial score (nSPS) is 20.3. The molecule has 2 aromatic rings. The van der Waals surface area contributed by atoms with Crippen molar-refractivity contribution in [3.05, 3.63) is 72.5 Å². The SMILES string of the molecule is C=C(O)[C@@H]1C[C@@H](Oc2cccc(C(=N)N)c2)CN1S(=O)(=O)c1ccccc1. The number of nitrogens with two attached hydrogens (primary N) is 1. The topological polar surface area (TPSA) is 117 Å². The highest BCUT2D eigenvalue weighted by Gasteiger charge is 2.42. The summed E-state index contributed by atoms with van der Waals surface area (Å²) in [5.41, 5.74) is 6.01. The summed E-state index contributed by atoms with van der Waals surface area (Å²) in [7, 11) is -3.80. The maximum absolute atomic E-state index is 13.0. The Morgan fingerprint density at radius 2 is 1.93 bits per heavy atom. The third kappa shape index (κ3) is 3.96. The van der Waals surface area contributed by atoms with Crippen LogP contribution >= 0.6 is 0 Å².